The first-order chi connectivity index (χ1) is 3.39. The van der Waals surface area contributed by atoms with Crippen LogP contribution in [-0.2, 0) is 0 Å². The second-order valence-corrected chi connectivity index (χ2v) is 2.38. The summed E-state index contributed by atoms with van der Waals surface area (Å²) in [6.07, 6.45) is 2.71. The lowest BCUT2D eigenvalue weighted by Crippen LogP contribution is -2.21. The van der Waals surface area contributed by atoms with Crippen LogP contribution >= 0.6 is 0 Å². The minimum Gasteiger partial charge on any atom is -0.242 e. The molecule has 0 spiro atoms. The molecule has 0 N–H and O–H groups in total. The topological polar surface area (TPSA) is 14.1 Å². The lowest BCUT2D eigenvalue weighted by Gasteiger charge is -2.15. The van der Waals surface area contributed by atoms with Gasteiger partial charge in [-0.2, -0.15) is 0 Å². The zero-order chi connectivity index (χ0) is 5.11. The predicted molar refractivity (Wildman–Crippen MR) is 30.3 cm³/mol. The van der Waals surface area contributed by atoms with E-state index in [9.17, 15) is 0 Å². The van der Waals surface area contributed by atoms with Gasteiger partial charge in [0.15, 0.2) is 0 Å². The van der Waals surface area contributed by atoms with Crippen molar-refractivity contribution in [2.75, 3.05) is 13.1 Å². The number of hydrogen-bond acceptors (Lipinski definition) is 0. The van der Waals surface area contributed by atoms with Crippen LogP contribution in [0.25, 0.3) is 0 Å². The van der Waals surface area contributed by atoms with E-state index in [-0.39, 0.29) is 0 Å². The quantitative estimate of drug-likeness (QED) is 0.429. The molecular weight excluding hydrogens is 86.1 g/mol. The van der Waals surface area contributed by atoms with Crippen molar-refractivity contribution in [1.82, 2.24) is 5.32 Å². The molecular formula is C6H12N. The van der Waals surface area contributed by atoms with E-state index < -0.39 is 0 Å². The molecule has 1 saturated heterocycles. The van der Waals surface area contributed by atoms with Gasteiger partial charge in [0, 0.05) is 13.1 Å². The molecule has 1 atom stereocenters. The standard InChI is InChI=1S/C6H12N/c1-6-3-2-4-7-5-6/h6H,2-5H2,1H3. The van der Waals surface area contributed by atoms with Crippen molar-refractivity contribution in [2.24, 2.45) is 5.92 Å². The Kier molecular flexibility index (Phi) is 1.69. The molecule has 0 amide bonds. The predicted octanol–water partition coefficient (Wildman–Crippen LogP) is 1.02. The zero-order valence-corrected chi connectivity index (χ0v) is 4.85. The molecule has 1 heteroatoms. The summed E-state index contributed by atoms with van der Waals surface area (Å²) in [5.74, 6) is 0.869. The van der Waals surface area contributed by atoms with Crippen molar-refractivity contribution >= 4 is 0 Å². The van der Waals surface area contributed by atoms with Crippen molar-refractivity contribution in [3.05, 3.63) is 0 Å². The zero-order valence-electron chi connectivity index (χ0n) is 4.85. The van der Waals surface area contributed by atoms with Gasteiger partial charge in [0.1, 0.15) is 0 Å². The fourth-order valence-corrected chi connectivity index (χ4v) is 0.955. The van der Waals surface area contributed by atoms with E-state index in [2.05, 4.69) is 12.2 Å². The Balaban J connectivity index is 2.12. The summed E-state index contributed by atoms with van der Waals surface area (Å²) in [5.41, 5.74) is 0. The van der Waals surface area contributed by atoms with Crippen molar-refractivity contribution in [3.8, 4) is 0 Å². The molecule has 0 bridgehead atoms. The molecule has 0 aromatic carbocycles. The summed E-state index contributed by atoms with van der Waals surface area (Å²) in [5, 5.41) is 4.26. The first kappa shape index (κ1) is 5.10. The Labute approximate surface area is 45.1 Å². The Morgan fingerprint density at radius 1 is 1.57 bits per heavy atom. The van der Waals surface area contributed by atoms with Crippen molar-refractivity contribution in [2.45, 2.75) is 19.8 Å². The van der Waals surface area contributed by atoms with Gasteiger partial charge in [0.2, 0.25) is 0 Å². The van der Waals surface area contributed by atoms with Crippen LogP contribution in [0, 0.1) is 5.92 Å². The number of hydrogen-bond donors (Lipinski definition) is 0. The van der Waals surface area contributed by atoms with Gasteiger partial charge < -0.3 is 0 Å². The average Bonchev–Trinajstić information content (AvgIpc) is 1.69. The molecule has 1 nitrogen and oxygen atoms in total. The van der Waals surface area contributed by atoms with Crippen LogP contribution in [0.3, 0.4) is 0 Å². The van der Waals surface area contributed by atoms with Gasteiger partial charge in [0.25, 0.3) is 0 Å². The largest absolute Gasteiger partial charge is 0.242 e. The maximum atomic E-state index is 4.26. The number of rotatable bonds is 0. The highest BCUT2D eigenvalue weighted by molar-refractivity contribution is 4.62. The van der Waals surface area contributed by atoms with Gasteiger partial charge in [-0.1, -0.05) is 6.92 Å². The van der Waals surface area contributed by atoms with Gasteiger partial charge in [-0.3, -0.25) is 0 Å². The highest BCUT2D eigenvalue weighted by atomic mass is 14.9. The molecule has 1 aliphatic heterocycles. The minimum atomic E-state index is 0.869. The normalized spacial score (nSPS) is 33.0. The van der Waals surface area contributed by atoms with Gasteiger partial charge in [-0.15, -0.1) is 0 Å². The summed E-state index contributed by atoms with van der Waals surface area (Å²) in [6.45, 7) is 4.49. The molecule has 1 radical (unpaired) electrons. The fraction of sp³-hybridized carbons (Fsp3) is 1.00. The second kappa shape index (κ2) is 2.31. The van der Waals surface area contributed by atoms with Crippen LogP contribution in [0.2, 0.25) is 0 Å². The smallest absolute Gasteiger partial charge is 0.0159 e. The second-order valence-electron chi connectivity index (χ2n) is 2.38. The van der Waals surface area contributed by atoms with E-state index in [4.69, 9.17) is 0 Å². The molecule has 1 aliphatic rings. The maximum absolute atomic E-state index is 4.26. The molecule has 1 fully saturated rings. The van der Waals surface area contributed by atoms with Crippen molar-refractivity contribution < 1.29 is 0 Å². The molecule has 7 heavy (non-hydrogen) atoms. The maximum Gasteiger partial charge on any atom is 0.0159 e. The number of nitrogens with zero attached hydrogens (tertiary/aromatic N) is 1. The third-order valence-electron chi connectivity index (χ3n) is 1.45. The molecule has 1 unspecified atom stereocenters. The van der Waals surface area contributed by atoms with Crippen molar-refractivity contribution in [1.29, 1.82) is 0 Å². The van der Waals surface area contributed by atoms with E-state index in [1.54, 1.807) is 0 Å². The average molecular weight is 98.2 g/mol. The molecule has 41 valence electrons. The van der Waals surface area contributed by atoms with Gasteiger partial charge in [-0.25, -0.2) is 5.32 Å². The van der Waals surface area contributed by atoms with Crippen LogP contribution in [0.4, 0.5) is 0 Å². The van der Waals surface area contributed by atoms with E-state index >= 15 is 0 Å². The third-order valence-corrected chi connectivity index (χ3v) is 1.45. The van der Waals surface area contributed by atoms with Crippen LogP contribution < -0.4 is 5.32 Å². The van der Waals surface area contributed by atoms with Gasteiger partial charge >= 0.3 is 0 Å². The molecule has 0 aromatic heterocycles. The van der Waals surface area contributed by atoms with Crippen molar-refractivity contribution in [3.63, 3.8) is 0 Å². The van der Waals surface area contributed by atoms with Crippen LogP contribution in [0.1, 0.15) is 19.8 Å². The molecule has 0 saturated carbocycles. The Hall–Kier alpha value is -0.0400. The fourth-order valence-electron chi connectivity index (χ4n) is 0.955. The summed E-state index contributed by atoms with van der Waals surface area (Å²) in [4.78, 5) is 0. The Morgan fingerprint density at radius 2 is 2.43 bits per heavy atom. The summed E-state index contributed by atoms with van der Waals surface area (Å²) in [7, 11) is 0. The number of piperidine rings is 1. The van der Waals surface area contributed by atoms with E-state index in [0.29, 0.717) is 0 Å². The highest BCUT2D eigenvalue weighted by Gasteiger charge is 2.06. The molecule has 0 aliphatic carbocycles. The first-order valence-corrected chi connectivity index (χ1v) is 3.03. The van der Waals surface area contributed by atoms with E-state index in [1.807, 2.05) is 0 Å². The summed E-state index contributed by atoms with van der Waals surface area (Å²) < 4.78 is 0. The SMILES string of the molecule is CC1CCC[N]C1. The third kappa shape index (κ3) is 1.48. The lowest BCUT2D eigenvalue weighted by molar-refractivity contribution is 0.398. The van der Waals surface area contributed by atoms with E-state index in [1.165, 1.54) is 12.8 Å². The monoisotopic (exact) mass is 98.1 g/mol. The first-order valence-electron chi connectivity index (χ1n) is 3.03. The van der Waals surface area contributed by atoms with Gasteiger partial charge in [0.05, 0.1) is 0 Å². The molecule has 1 heterocycles. The molecule has 0 aromatic rings. The summed E-state index contributed by atoms with van der Waals surface area (Å²) >= 11 is 0. The van der Waals surface area contributed by atoms with Gasteiger partial charge in [-0.05, 0) is 18.8 Å². The summed E-state index contributed by atoms with van der Waals surface area (Å²) in [6, 6.07) is 0. The highest BCUT2D eigenvalue weighted by Crippen LogP contribution is 2.07. The van der Waals surface area contributed by atoms with Crippen LogP contribution in [0.15, 0.2) is 0 Å². The van der Waals surface area contributed by atoms with Crippen LogP contribution in [-0.4, -0.2) is 13.1 Å². The lowest BCUT2D eigenvalue weighted by atomic mass is 10.0. The Morgan fingerprint density at radius 3 is 2.71 bits per heavy atom. The van der Waals surface area contributed by atoms with Crippen LogP contribution in [0.5, 0.6) is 0 Å². The minimum absolute atomic E-state index is 0.869. The Bertz CT molecular complexity index is 46.1. The van der Waals surface area contributed by atoms with E-state index in [0.717, 1.165) is 19.0 Å². The molecule has 1 rings (SSSR count).